The number of carbonyl (C=O) groups excluding carboxylic acids is 2. The van der Waals surface area contributed by atoms with Crippen molar-refractivity contribution in [1.82, 2.24) is 10.2 Å². The molecular weight excluding hydrogens is 543 g/mol. The van der Waals surface area contributed by atoms with Gasteiger partial charge in [0.25, 0.3) is 0 Å². The second kappa shape index (κ2) is 13.0. The number of hydrogen-bond donors (Lipinski definition) is 1. The zero-order valence-electron chi connectivity index (χ0n) is 18.7. The second-order valence-electron chi connectivity index (χ2n) is 8.36. The van der Waals surface area contributed by atoms with Crippen LogP contribution in [0.1, 0.15) is 50.2 Å². The van der Waals surface area contributed by atoms with E-state index in [9.17, 15) is 9.59 Å². The first-order valence-electron chi connectivity index (χ1n) is 11.2. The lowest BCUT2D eigenvalue weighted by molar-refractivity contribution is -0.139. The van der Waals surface area contributed by atoms with Crippen molar-refractivity contribution in [1.29, 1.82) is 0 Å². The van der Waals surface area contributed by atoms with Crippen LogP contribution < -0.4 is 5.32 Å². The van der Waals surface area contributed by atoms with Gasteiger partial charge in [-0.15, -0.1) is 11.8 Å². The van der Waals surface area contributed by atoms with Gasteiger partial charge in [0.05, 0.1) is 5.75 Å². The minimum Gasteiger partial charge on any atom is -0.352 e. The molecule has 0 heterocycles. The number of thioether (sulfide) groups is 1. The van der Waals surface area contributed by atoms with Crippen LogP contribution in [-0.4, -0.2) is 34.6 Å². The SMILES string of the molecule is CC(C(=O)NC1CCCCC1)N(Cc1ccc(Br)cc1)C(=O)CSCc1c(Cl)cccc1Cl. The van der Waals surface area contributed by atoms with Gasteiger partial charge in [0, 0.05) is 32.9 Å². The quantitative estimate of drug-likeness (QED) is 0.358. The maximum Gasteiger partial charge on any atom is 0.242 e. The summed E-state index contributed by atoms with van der Waals surface area (Å²) >= 11 is 17.4. The predicted molar refractivity (Wildman–Crippen MR) is 142 cm³/mol. The Kier molecular flexibility index (Phi) is 10.4. The summed E-state index contributed by atoms with van der Waals surface area (Å²) in [5.74, 6) is 0.585. The lowest BCUT2D eigenvalue weighted by Gasteiger charge is -2.31. The largest absolute Gasteiger partial charge is 0.352 e. The number of rotatable bonds is 9. The fourth-order valence-electron chi connectivity index (χ4n) is 3.93. The highest BCUT2D eigenvalue weighted by Gasteiger charge is 2.28. The zero-order valence-corrected chi connectivity index (χ0v) is 22.6. The Balaban J connectivity index is 1.67. The average molecular weight is 572 g/mol. The van der Waals surface area contributed by atoms with E-state index in [1.165, 1.54) is 18.2 Å². The summed E-state index contributed by atoms with van der Waals surface area (Å²) in [7, 11) is 0. The Bertz CT molecular complexity index is 932. The highest BCUT2D eigenvalue weighted by molar-refractivity contribution is 9.10. The summed E-state index contributed by atoms with van der Waals surface area (Å²) in [6.07, 6.45) is 5.52. The molecule has 0 radical (unpaired) electrons. The van der Waals surface area contributed by atoms with Crippen LogP contribution in [0.4, 0.5) is 0 Å². The molecule has 0 saturated heterocycles. The summed E-state index contributed by atoms with van der Waals surface area (Å²) in [5.41, 5.74) is 1.80. The Hall–Kier alpha value is -1.21. The van der Waals surface area contributed by atoms with Crippen molar-refractivity contribution in [2.75, 3.05) is 5.75 Å². The summed E-state index contributed by atoms with van der Waals surface area (Å²) in [4.78, 5) is 28.0. The molecule has 0 bridgehead atoms. The highest BCUT2D eigenvalue weighted by atomic mass is 79.9. The standard InChI is InChI=1S/C25H29BrCl2N2O2S/c1-17(25(32)29-20-6-3-2-4-7-20)30(14-18-10-12-19(26)13-11-18)24(31)16-33-15-21-22(27)8-5-9-23(21)28/h5,8-13,17,20H,2-4,6-7,14-16H2,1H3,(H,29,32). The highest BCUT2D eigenvalue weighted by Crippen LogP contribution is 2.28. The Morgan fingerprint density at radius 1 is 1.09 bits per heavy atom. The van der Waals surface area contributed by atoms with E-state index in [2.05, 4.69) is 21.2 Å². The van der Waals surface area contributed by atoms with E-state index < -0.39 is 6.04 Å². The third-order valence-corrected chi connectivity index (χ3v) is 8.10. The molecule has 2 aromatic rings. The summed E-state index contributed by atoms with van der Waals surface area (Å²) in [5, 5.41) is 4.35. The van der Waals surface area contributed by atoms with Gasteiger partial charge in [0.2, 0.25) is 11.8 Å². The molecule has 1 N–H and O–H groups in total. The van der Waals surface area contributed by atoms with Crippen molar-refractivity contribution in [3.8, 4) is 0 Å². The molecule has 1 aliphatic rings. The fraction of sp³-hybridized carbons (Fsp3) is 0.440. The molecule has 0 spiro atoms. The number of nitrogens with one attached hydrogen (secondary N) is 1. The molecule has 1 saturated carbocycles. The Labute approximate surface area is 218 Å². The first kappa shape index (κ1) is 26.4. The first-order valence-corrected chi connectivity index (χ1v) is 13.9. The number of hydrogen-bond acceptors (Lipinski definition) is 3. The minimum atomic E-state index is -0.562. The first-order chi connectivity index (χ1) is 15.8. The van der Waals surface area contributed by atoms with Crippen LogP contribution in [0.15, 0.2) is 46.9 Å². The van der Waals surface area contributed by atoms with Gasteiger partial charge in [-0.05, 0) is 55.2 Å². The van der Waals surface area contributed by atoms with Crippen LogP contribution in [0.2, 0.25) is 10.0 Å². The van der Waals surface area contributed by atoms with E-state index in [4.69, 9.17) is 23.2 Å². The van der Waals surface area contributed by atoms with Crippen molar-refractivity contribution in [3.05, 3.63) is 68.1 Å². The molecule has 1 fully saturated rings. The maximum absolute atomic E-state index is 13.3. The van der Waals surface area contributed by atoms with Crippen molar-refractivity contribution in [2.24, 2.45) is 0 Å². The van der Waals surface area contributed by atoms with Crippen molar-refractivity contribution in [2.45, 2.75) is 63.4 Å². The lowest BCUT2D eigenvalue weighted by Crippen LogP contribution is -2.50. The van der Waals surface area contributed by atoms with Crippen LogP contribution in [0.25, 0.3) is 0 Å². The van der Waals surface area contributed by atoms with Gasteiger partial charge in [-0.2, -0.15) is 0 Å². The average Bonchev–Trinajstić information content (AvgIpc) is 2.80. The molecule has 3 rings (SSSR count). The second-order valence-corrected chi connectivity index (χ2v) is 11.1. The molecule has 2 aromatic carbocycles. The molecule has 2 amide bonds. The third kappa shape index (κ3) is 7.91. The minimum absolute atomic E-state index is 0.0858. The molecule has 1 atom stereocenters. The van der Waals surface area contributed by atoms with Crippen molar-refractivity contribution < 1.29 is 9.59 Å². The molecule has 0 aliphatic heterocycles. The third-order valence-electron chi connectivity index (χ3n) is 5.92. The Morgan fingerprint density at radius 3 is 2.36 bits per heavy atom. The van der Waals surface area contributed by atoms with Gasteiger partial charge in [-0.25, -0.2) is 0 Å². The van der Waals surface area contributed by atoms with E-state index in [1.807, 2.05) is 31.2 Å². The van der Waals surface area contributed by atoms with Gasteiger partial charge in [-0.3, -0.25) is 9.59 Å². The molecule has 178 valence electrons. The van der Waals surface area contributed by atoms with E-state index in [0.717, 1.165) is 41.3 Å². The number of amides is 2. The molecule has 1 unspecified atom stereocenters. The molecule has 33 heavy (non-hydrogen) atoms. The van der Waals surface area contributed by atoms with Crippen LogP contribution in [0, 0.1) is 0 Å². The lowest BCUT2D eigenvalue weighted by atomic mass is 9.95. The molecule has 0 aromatic heterocycles. The van der Waals surface area contributed by atoms with Gasteiger partial charge in [0.1, 0.15) is 6.04 Å². The number of halogens is 3. The Morgan fingerprint density at radius 2 is 1.73 bits per heavy atom. The molecule has 8 heteroatoms. The smallest absolute Gasteiger partial charge is 0.242 e. The number of carbonyl (C=O) groups is 2. The fourth-order valence-corrected chi connectivity index (χ4v) is 5.84. The zero-order chi connectivity index (χ0) is 23.8. The van der Waals surface area contributed by atoms with Gasteiger partial charge in [-0.1, -0.05) is 76.6 Å². The molecule has 1 aliphatic carbocycles. The van der Waals surface area contributed by atoms with Crippen LogP contribution in [-0.2, 0) is 21.9 Å². The van der Waals surface area contributed by atoms with E-state index in [0.29, 0.717) is 22.3 Å². The summed E-state index contributed by atoms with van der Waals surface area (Å²) in [6.45, 7) is 2.18. The predicted octanol–water partition coefficient (Wildman–Crippen LogP) is 6.86. The van der Waals surface area contributed by atoms with Gasteiger partial charge < -0.3 is 10.2 Å². The van der Waals surface area contributed by atoms with Crippen LogP contribution in [0.5, 0.6) is 0 Å². The van der Waals surface area contributed by atoms with E-state index in [1.54, 1.807) is 23.1 Å². The molecule has 4 nitrogen and oxygen atoms in total. The monoisotopic (exact) mass is 570 g/mol. The summed E-state index contributed by atoms with van der Waals surface area (Å²) < 4.78 is 0.972. The van der Waals surface area contributed by atoms with Crippen molar-refractivity contribution in [3.63, 3.8) is 0 Å². The number of benzene rings is 2. The van der Waals surface area contributed by atoms with E-state index >= 15 is 0 Å². The van der Waals surface area contributed by atoms with Gasteiger partial charge >= 0.3 is 0 Å². The summed E-state index contributed by atoms with van der Waals surface area (Å²) in [6, 6.07) is 12.8. The van der Waals surface area contributed by atoms with E-state index in [-0.39, 0.29) is 23.6 Å². The maximum atomic E-state index is 13.3. The number of nitrogens with zero attached hydrogens (tertiary/aromatic N) is 1. The van der Waals surface area contributed by atoms with Gasteiger partial charge in [0.15, 0.2) is 0 Å². The van der Waals surface area contributed by atoms with Crippen molar-refractivity contribution >= 4 is 62.7 Å². The van der Waals surface area contributed by atoms with Crippen LogP contribution in [0.3, 0.4) is 0 Å². The van der Waals surface area contributed by atoms with Crippen LogP contribution >= 0.6 is 50.9 Å². The topological polar surface area (TPSA) is 49.4 Å². The molecular formula is C25H29BrCl2N2O2S. The normalized spacial score (nSPS) is 15.2.